The first-order valence-electron chi connectivity index (χ1n) is 9.65. The van der Waals surface area contributed by atoms with Crippen molar-refractivity contribution in [2.45, 2.75) is 26.2 Å². The number of hydrogen-bond acceptors (Lipinski definition) is 5. The van der Waals surface area contributed by atoms with Gasteiger partial charge < -0.3 is 4.74 Å². The number of halogens is 2. The molecule has 2 aromatic heterocycles. The number of nitrogens with zero attached hydrogens (tertiary/aromatic N) is 3. The van der Waals surface area contributed by atoms with Crippen LogP contribution in [0.15, 0.2) is 47.3 Å². The maximum atomic E-state index is 14.0. The lowest BCUT2D eigenvalue weighted by Crippen LogP contribution is -2.23. The van der Waals surface area contributed by atoms with Crippen molar-refractivity contribution >= 4 is 34.0 Å². The van der Waals surface area contributed by atoms with Crippen LogP contribution in [0.5, 0.6) is 5.75 Å². The highest BCUT2D eigenvalue weighted by atomic mass is 35.5. The van der Waals surface area contributed by atoms with Gasteiger partial charge in [0.2, 0.25) is 4.96 Å². The molecule has 4 rings (SSSR count). The summed E-state index contributed by atoms with van der Waals surface area (Å²) in [5, 5.41) is 4.56. The van der Waals surface area contributed by atoms with Gasteiger partial charge in [-0.3, -0.25) is 4.79 Å². The van der Waals surface area contributed by atoms with Crippen molar-refractivity contribution in [1.82, 2.24) is 14.6 Å². The van der Waals surface area contributed by atoms with Crippen LogP contribution < -0.4 is 14.8 Å². The number of hydrogen-bond donors (Lipinski definition) is 0. The molecule has 0 aliphatic carbocycles. The van der Waals surface area contributed by atoms with E-state index in [0.717, 1.165) is 41.9 Å². The Balaban J connectivity index is 1.60. The average molecular weight is 444 g/mol. The monoisotopic (exact) mass is 443 g/mol. The molecule has 30 heavy (non-hydrogen) atoms. The Morgan fingerprint density at radius 3 is 2.70 bits per heavy atom. The quantitative estimate of drug-likeness (QED) is 0.387. The average Bonchev–Trinajstić information content (AvgIpc) is 3.28. The second-order valence-electron chi connectivity index (χ2n) is 6.76. The van der Waals surface area contributed by atoms with Gasteiger partial charge in [0.1, 0.15) is 11.6 Å². The summed E-state index contributed by atoms with van der Waals surface area (Å²) in [5.74, 6) is 0.754. The number of ether oxygens (including phenoxy) is 1. The molecule has 0 fully saturated rings. The Morgan fingerprint density at radius 1 is 1.20 bits per heavy atom. The molecular weight excluding hydrogens is 425 g/mol. The van der Waals surface area contributed by atoms with Crippen molar-refractivity contribution in [1.29, 1.82) is 0 Å². The van der Waals surface area contributed by atoms with E-state index < -0.39 is 5.82 Å². The first kappa shape index (κ1) is 20.5. The second-order valence-corrected chi connectivity index (χ2v) is 8.18. The summed E-state index contributed by atoms with van der Waals surface area (Å²) < 4.78 is 21.3. The van der Waals surface area contributed by atoms with Crippen LogP contribution in [0.1, 0.15) is 31.7 Å². The molecule has 0 saturated heterocycles. The van der Waals surface area contributed by atoms with Gasteiger partial charge in [-0.05, 0) is 48.9 Å². The number of benzene rings is 2. The van der Waals surface area contributed by atoms with Crippen LogP contribution in [-0.4, -0.2) is 21.2 Å². The van der Waals surface area contributed by atoms with E-state index in [-0.39, 0.29) is 16.1 Å². The van der Waals surface area contributed by atoms with E-state index in [1.807, 2.05) is 24.3 Å². The molecule has 0 spiro atoms. The summed E-state index contributed by atoms with van der Waals surface area (Å²) in [6.45, 7) is 2.84. The molecule has 2 heterocycles. The predicted molar refractivity (Wildman–Crippen MR) is 118 cm³/mol. The van der Waals surface area contributed by atoms with Crippen LogP contribution in [0.4, 0.5) is 4.39 Å². The number of aromatic nitrogens is 3. The summed E-state index contributed by atoms with van der Waals surface area (Å²) in [6.07, 6.45) is 4.76. The minimum Gasteiger partial charge on any atom is -0.494 e. The molecule has 5 nitrogen and oxygen atoms in total. The number of rotatable bonds is 7. The number of unbranched alkanes of at least 4 members (excludes halogenated alkanes) is 2. The third-order valence-electron chi connectivity index (χ3n) is 4.59. The van der Waals surface area contributed by atoms with E-state index in [0.29, 0.717) is 21.9 Å². The Morgan fingerprint density at radius 2 is 2.00 bits per heavy atom. The molecule has 0 aliphatic rings. The molecule has 0 aliphatic heterocycles. The van der Waals surface area contributed by atoms with Gasteiger partial charge in [-0.15, -0.1) is 5.10 Å². The van der Waals surface area contributed by atoms with E-state index in [1.165, 1.54) is 22.7 Å². The maximum absolute atomic E-state index is 14.0. The van der Waals surface area contributed by atoms with Gasteiger partial charge in [0.05, 0.1) is 16.2 Å². The molecule has 0 unspecified atom stereocenters. The fourth-order valence-corrected chi connectivity index (χ4v) is 4.09. The number of fused-ring (bicyclic) bond motifs is 1. The zero-order valence-electron chi connectivity index (χ0n) is 16.3. The third kappa shape index (κ3) is 4.22. The van der Waals surface area contributed by atoms with Crippen molar-refractivity contribution in [3.63, 3.8) is 0 Å². The zero-order chi connectivity index (χ0) is 21.1. The van der Waals surface area contributed by atoms with Crippen molar-refractivity contribution in [2.24, 2.45) is 0 Å². The molecule has 2 aromatic carbocycles. The Bertz CT molecular complexity index is 1260. The predicted octanol–water partition coefficient (Wildman–Crippen LogP) is 4.73. The lowest BCUT2D eigenvalue weighted by atomic mass is 10.2. The number of thiazole rings is 1. The topological polar surface area (TPSA) is 56.5 Å². The smallest absolute Gasteiger partial charge is 0.291 e. The fraction of sp³-hybridized carbons (Fsp3) is 0.227. The molecule has 4 aromatic rings. The molecule has 0 bridgehead atoms. The van der Waals surface area contributed by atoms with E-state index in [2.05, 4.69) is 17.0 Å². The molecule has 0 amide bonds. The van der Waals surface area contributed by atoms with Gasteiger partial charge in [-0.2, -0.15) is 9.50 Å². The van der Waals surface area contributed by atoms with E-state index >= 15 is 0 Å². The summed E-state index contributed by atoms with van der Waals surface area (Å²) in [6, 6.07) is 11.9. The van der Waals surface area contributed by atoms with Crippen molar-refractivity contribution in [2.75, 3.05) is 6.61 Å². The minimum atomic E-state index is -0.487. The van der Waals surface area contributed by atoms with Gasteiger partial charge in [0.15, 0.2) is 5.82 Å². The van der Waals surface area contributed by atoms with Crippen LogP contribution in [0.3, 0.4) is 0 Å². The second kappa shape index (κ2) is 8.93. The van der Waals surface area contributed by atoms with Crippen LogP contribution in [0.2, 0.25) is 5.02 Å². The van der Waals surface area contributed by atoms with Crippen molar-refractivity contribution in [3.05, 3.63) is 73.8 Å². The molecule has 0 atom stereocenters. The Labute approximate surface area is 181 Å². The van der Waals surface area contributed by atoms with Gasteiger partial charge in [0.25, 0.3) is 5.56 Å². The zero-order valence-corrected chi connectivity index (χ0v) is 17.8. The standard InChI is InChI=1S/C22H19ClFN3O2S/c1-2-3-4-12-29-15-10-8-14(9-11-15)20-25-22-27(26-20)21(28)19(30-22)13-16-17(23)6-5-7-18(16)24/h5-11,13H,2-4,12H2,1H3. The van der Waals surface area contributed by atoms with Crippen LogP contribution in [0, 0.1) is 5.82 Å². The normalized spacial score (nSPS) is 12.0. The lowest BCUT2D eigenvalue weighted by molar-refractivity contribution is 0.306. The summed E-state index contributed by atoms with van der Waals surface area (Å²) >= 11 is 7.19. The Hall–Kier alpha value is -2.77. The van der Waals surface area contributed by atoms with Crippen LogP contribution in [-0.2, 0) is 0 Å². The molecule has 0 N–H and O–H groups in total. The summed E-state index contributed by atoms with van der Waals surface area (Å²) in [7, 11) is 0. The first-order chi connectivity index (χ1) is 14.6. The maximum Gasteiger partial charge on any atom is 0.291 e. The molecule has 8 heteroatoms. The van der Waals surface area contributed by atoms with Crippen molar-refractivity contribution in [3.8, 4) is 17.1 Å². The van der Waals surface area contributed by atoms with E-state index in [9.17, 15) is 9.18 Å². The van der Waals surface area contributed by atoms with E-state index in [4.69, 9.17) is 16.3 Å². The van der Waals surface area contributed by atoms with Gasteiger partial charge >= 0.3 is 0 Å². The van der Waals surface area contributed by atoms with Crippen LogP contribution in [0.25, 0.3) is 22.4 Å². The highest BCUT2D eigenvalue weighted by molar-refractivity contribution is 7.15. The highest BCUT2D eigenvalue weighted by Crippen LogP contribution is 2.22. The Kier molecular flexibility index (Phi) is 6.11. The molecule has 154 valence electrons. The van der Waals surface area contributed by atoms with Crippen molar-refractivity contribution < 1.29 is 9.13 Å². The fourth-order valence-electron chi connectivity index (χ4n) is 2.98. The van der Waals surface area contributed by atoms with Gasteiger partial charge in [0, 0.05) is 11.1 Å². The van der Waals surface area contributed by atoms with Gasteiger partial charge in [-0.25, -0.2) is 4.39 Å². The summed E-state index contributed by atoms with van der Waals surface area (Å²) in [5.41, 5.74) is 0.605. The first-order valence-corrected chi connectivity index (χ1v) is 10.8. The van der Waals surface area contributed by atoms with Gasteiger partial charge in [-0.1, -0.05) is 48.8 Å². The SMILES string of the molecule is CCCCCOc1ccc(-c2nc3sc(=Cc4c(F)cccc4Cl)c(=O)n3n2)cc1. The molecule has 0 radical (unpaired) electrons. The van der Waals surface area contributed by atoms with E-state index in [1.54, 1.807) is 6.07 Å². The minimum absolute atomic E-state index is 0.176. The lowest BCUT2D eigenvalue weighted by Gasteiger charge is -2.05. The highest BCUT2D eigenvalue weighted by Gasteiger charge is 2.13. The molecular formula is C22H19ClFN3O2S. The summed E-state index contributed by atoms with van der Waals surface area (Å²) in [4.78, 5) is 17.6. The third-order valence-corrected chi connectivity index (χ3v) is 5.87. The molecule has 0 saturated carbocycles. The van der Waals surface area contributed by atoms with Crippen LogP contribution >= 0.6 is 22.9 Å². The largest absolute Gasteiger partial charge is 0.494 e.